The highest BCUT2D eigenvalue weighted by Gasteiger charge is 2.35. The van der Waals surface area contributed by atoms with E-state index in [9.17, 15) is 9.59 Å². The third-order valence-electron chi connectivity index (χ3n) is 4.16. The summed E-state index contributed by atoms with van der Waals surface area (Å²) in [6.07, 6.45) is 3.71. The molecule has 3 rings (SSSR count). The lowest BCUT2D eigenvalue weighted by Gasteiger charge is -2.21. The molecular formula is C16H19N5O2S. The fourth-order valence-electron chi connectivity index (χ4n) is 2.80. The maximum absolute atomic E-state index is 12.6. The van der Waals surface area contributed by atoms with Crippen molar-refractivity contribution in [2.24, 2.45) is 5.92 Å². The van der Waals surface area contributed by atoms with Crippen LogP contribution in [-0.4, -0.2) is 49.8 Å². The highest BCUT2D eigenvalue weighted by atomic mass is 32.1. The van der Waals surface area contributed by atoms with Crippen LogP contribution >= 0.6 is 11.5 Å². The molecule has 0 radical (unpaired) electrons. The number of hydrogen-bond acceptors (Lipinski definition) is 6. The molecule has 8 heteroatoms. The van der Waals surface area contributed by atoms with Crippen LogP contribution in [0.2, 0.25) is 0 Å². The molecule has 1 atom stereocenters. The predicted octanol–water partition coefficient (Wildman–Crippen LogP) is 1.25. The summed E-state index contributed by atoms with van der Waals surface area (Å²) in [6.45, 7) is 3.32. The van der Waals surface area contributed by atoms with Gasteiger partial charge in [-0.25, -0.2) is 0 Å². The van der Waals surface area contributed by atoms with Gasteiger partial charge in [-0.15, -0.1) is 5.10 Å². The van der Waals surface area contributed by atoms with Gasteiger partial charge < -0.3 is 9.80 Å². The fraction of sp³-hybridized carbons (Fsp3) is 0.438. The Labute approximate surface area is 144 Å². The van der Waals surface area contributed by atoms with Gasteiger partial charge in [-0.2, -0.15) is 0 Å². The Bertz CT molecular complexity index is 733. The van der Waals surface area contributed by atoms with Gasteiger partial charge in [0.2, 0.25) is 11.8 Å². The molecule has 3 heterocycles. The SMILES string of the molecule is Cc1nnsc1CN(C)C(=O)[C@@H]1CC(=O)N(Cc2cccnc2)C1. The van der Waals surface area contributed by atoms with Crippen molar-refractivity contribution in [1.29, 1.82) is 0 Å². The normalized spacial score (nSPS) is 17.3. The number of aryl methyl sites for hydroxylation is 1. The molecule has 0 saturated carbocycles. The van der Waals surface area contributed by atoms with Crippen molar-refractivity contribution < 1.29 is 9.59 Å². The van der Waals surface area contributed by atoms with E-state index < -0.39 is 0 Å². The zero-order valence-corrected chi connectivity index (χ0v) is 14.5. The molecule has 1 saturated heterocycles. The number of nitrogens with zero attached hydrogens (tertiary/aromatic N) is 5. The summed E-state index contributed by atoms with van der Waals surface area (Å²) in [7, 11) is 1.76. The lowest BCUT2D eigenvalue weighted by molar-refractivity contribution is -0.135. The Morgan fingerprint density at radius 1 is 1.50 bits per heavy atom. The van der Waals surface area contributed by atoms with Gasteiger partial charge in [-0.3, -0.25) is 14.6 Å². The number of likely N-dealkylation sites (tertiary alicyclic amines) is 1. The van der Waals surface area contributed by atoms with E-state index in [-0.39, 0.29) is 24.2 Å². The van der Waals surface area contributed by atoms with Crippen LogP contribution < -0.4 is 0 Å². The molecule has 2 aromatic rings. The van der Waals surface area contributed by atoms with Crippen LogP contribution in [-0.2, 0) is 22.7 Å². The number of hydrogen-bond donors (Lipinski definition) is 0. The van der Waals surface area contributed by atoms with E-state index in [1.165, 1.54) is 11.5 Å². The minimum Gasteiger partial charge on any atom is -0.340 e. The molecule has 2 amide bonds. The third kappa shape index (κ3) is 3.59. The van der Waals surface area contributed by atoms with Crippen LogP contribution in [0.15, 0.2) is 24.5 Å². The smallest absolute Gasteiger partial charge is 0.228 e. The molecule has 2 aromatic heterocycles. The van der Waals surface area contributed by atoms with E-state index in [4.69, 9.17) is 0 Å². The predicted molar refractivity (Wildman–Crippen MR) is 88.9 cm³/mol. The number of carbonyl (C=O) groups excluding carboxylic acids is 2. The lowest BCUT2D eigenvalue weighted by atomic mass is 10.1. The molecule has 7 nitrogen and oxygen atoms in total. The minimum atomic E-state index is -0.291. The van der Waals surface area contributed by atoms with E-state index in [1.54, 1.807) is 29.2 Å². The Kier molecular flexibility index (Phi) is 4.84. The monoisotopic (exact) mass is 345 g/mol. The number of carbonyl (C=O) groups is 2. The van der Waals surface area contributed by atoms with Crippen LogP contribution in [0, 0.1) is 12.8 Å². The van der Waals surface area contributed by atoms with Crippen molar-refractivity contribution in [3.05, 3.63) is 40.7 Å². The van der Waals surface area contributed by atoms with Gasteiger partial charge in [0.15, 0.2) is 0 Å². The van der Waals surface area contributed by atoms with E-state index in [0.29, 0.717) is 19.6 Å². The highest BCUT2D eigenvalue weighted by Crippen LogP contribution is 2.23. The first-order valence-corrected chi connectivity index (χ1v) is 8.51. The third-order valence-corrected chi connectivity index (χ3v) is 4.97. The van der Waals surface area contributed by atoms with Crippen LogP contribution in [0.3, 0.4) is 0 Å². The molecule has 0 N–H and O–H groups in total. The van der Waals surface area contributed by atoms with Crippen molar-refractivity contribution >= 4 is 23.3 Å². The maximum atomic E-state index is 12.6. The number of aromatic nitrogens is 3. The first-order chi connectivity index (χ1) is 11.5. The molecular weight excluding hydrogens is 326 g/mol. The van der Waals surface area contributed by atoms with E-state index in [0.717, 1.165) is 16.1 Å². The number of rotatable bonds is 5. The zero-order chi connectivity index (χ0) is 17.1. The van der Waals surface area contributed by atoms with Gasteiger partial charge in [0, 0.05) is 39.0 Å². The molecule has 0 aromatic carbocycles. The van der Waals surface area contributed by atoms with Crippen LogP contribution in [0.5, 0.6) is 0 Å². The Morgan fingerprint density at radius 2 is 2.33 bits per heavy atom. The summed E-state index contributed by atoms with van der Waals surface area (Å²) < 4.78 is 3.89. The van der Waals surface area contributed by atoms with Crippen molar-refractivity contribution in [1.82, 2.24) is 24.4 Å². The Hall–Kier alpha value is -2.35. The van der Waals surface area contributed by atoms with E-state index in [2.05, 4.69) is 14.6 Å². The fourth-order valence-corrected chi connectivity index (χ4v) is 3.49. The topological polar surface area (TPSA) is 79.3 Å². The quantitative estimate of drug-likeness (QED) is 0.815. The molecule has 1 fully saturated rings. The second kappa shape index (κ2) is 7.04. The summed E-state index contributed by atoms with van der Waals surface area (Å²) in [6, 6.07) is 3.78. The second-order valence-electron chi connectivity index (χ2n) is 6.01. The van der Waals surface area contributed by atoms with Gasteiger partial charge >= 0.3 is 0 Å². The first-order valence-electron chi connectivity index (χ1n) is 7.74. The summed E-state index contributed by atoms with van der Waals surface area (Å²) in [5, 5.41) is 3.96. The highest BCUT2D eigenvalue weighted by molar-refractivity contribution is 7.05. The molecule has 0 spiro atoms. The molecule has 0 bridgehead atoms. The van der Waals surface area contributed by atoms with Crippen molar-refractivity contribution in [2.45, 2.75) is 26.4 Å². The molecule has 126 valence electrons. The molecule has 24 heavy (non-hydrogen) atoms. The summed E-state index contributed by atoms with van der Waals surface area (Å²) >= 11 is 1.30. The number of pyridine rings is 1. The van der Waals surface area contributed by atoms with Gasteiger partial charge in [0.05, 0.1) is 23.0 Å². The van der Waals surface area contributed by atoms with Crippen LogP contribution in [0.25, 0.3) is 0 Å². The summed E-state index contributed by atoms with van der Waals surface area (Å²) in [5.41, 5.74) is 1.82. The van der Waals surface area contributed by atoms with Crippen molar-refractivity contribution in [3.63, 3.8) is 0 Å². The summed E-state index contributed by atoms with van der Waals surface area (Å²) in [5.74, 6) is -0.286. The Morgan fingerprint density at radius 3 is 3.00 bits per heavy atom. The largest absolute Gasteiger partial charge is 0.340 e. The van der Waals surface area contributed by atoms with Crippen LogP contribution in [0.4, 0.5) is 0 Å². The lowest BCUT2D eigenvalue weighted by Crippen LogP contribution is -2.34. The van der Waals surface area contributed by atoms with Gasteiger partial charge in [0.25, 0.3) is 0 Å². The molecule has 0 unspecified atom stereocenters. The van der Waals surface area contributed by atoms with Crippen molar-refractivity contribution in [3.8, 4) is 0 Å². The average Bonchev–Trinajstić information content (AvgIpc) is 3.14. The van der Waals surface area contributed by atoms with Crippen molar-refractivity contribution in [2.75, 3.05) is 13.6 Å². The van der Waals surface area contributed by atoms with Gasteiger partial charge in [0.1, 0.15) is 0 Å². The van der Waals surface area contributed by atoms with E-state index >= 15 is 0 Å². The summed E-state index contributed by atoms with van der Waals surface area (Å²) in [4.78, 5) is 33.3. The average molecular weight is 345 g/mol. The second-order valence-corrected chi connectivity index (χ2v) is 6.85. The molecule has 1 aliphatic rings. The first kappa shape index (κ1) is 16.5. The zero-order valence-electron chi connectivity index (χ0n) is 13.7. The molecule has 1 aliphatic heterocycles. The minimum absolute atomic E-state index is 0.00941. The van der Waals surface area contributed by atoms with Gasteiger partial charge in [-0.1, -0.05) is 10.6 Å². The van der Waals surface area contributed by atoms with Crippen LogP contribution in [0.1, 0.15) is 22.6 Å². The standard InChI is InChI=1S/C16H19N5O2S/c1-11-14(24-19-18-11)10-20(2)16(23)13-6-15(22)21(9-13)8-12-4-3-5-17-7-12/h3-5,7,13H,6,8-10H2,1-2H3/t13-/m1/s1. The Balaban J connectivity index is 1.60. The van der Waals surface area contributed by atoms with Gasteiger partial charge in [-0.05, 0) is 30.1 Å². The number of amides is 2. The maximum Gasteiger partial charge on any atom is 0.228 e. The molecule has 0 aliphatic carbocycles. The van der Waals surface area contributed by atoms with E-state index in [1.807, 2.05) is 19.1 Å².